The number of carbonyl (C=O) groups is 2. The third-order valence-electron chi connectivity index (χ3n) is 6.52. The molecule has 2 aromatic carbocycles. The lowest BCUT2D eigenvalue weighted by molar-refractivity contribution is -0.139. The minimum absolute atomic E-state index is 0.00338. The van der Waals surface area contributed by atoms with E-state index in [4.69, 9.17) is 0 Å². The Morgan fingerprint density at radius 3 is 2.41 bits per heavy atom. The average Bonchev–Trinajstić information content (AvgIpc) is 2.87. The zero-order valence-corrected chi connectivity index (χ0v) is 23.2. The number of nitrogens with zero attached hydrogens (tertiary/aromatic N) is 1. The minimum Gasteiger partial charge on any atom is -0.506 e. The smallest absolute Gasteiger partial charge is 0.326 e. The predicted molar refractivity (Wildman–Crippen MR) is 149 cm³/mol. The number of aliphatic hydroxyl groups is 1. The van der Waals surface area contributed by atoms with Gasteiger partial charge in [0.15, 0.2) is 0 Å². The molecule has 0 saturated carbocycles. The summed E-state index contributed by atoms with van der Waals surface area (Å²) in [6.07, 6.45) is 3.10. The monoisotopic (exact) mass is 562 g/mol. The van der Waals surface area contributed by atoms with Crippen LogP contribution in [0.4, 0.5) is 11.4 Å². The molecule has 0 bridgehead atoms. The molecule has 1 heterocycles. The van der Waals surface area contributed by atoms with E-state index in [0.717, 1.165) is 37.8 Å². The van der Waals surface area contributed by atoms with Crippen molar-refractivity contribution < 1.29 is 33.3 Å². The van der Waals surface area contributed by atoms with Crippen LogP contribution in [0.2, 0.25) is 0 Å². The van der Waals surface area contributed by atoms with E-state index in [1.165, 1.54) is 18.2 Å². The maximum Gasteiger partial charge on any atom is 0.326 e. The van der Waals surface area contributed by atoms with E-state index in [1.807, 2.05) is 26.0 Å². The fourth-order valence-corrected chi connectivity index (χ4v) is 5.16. The number of carbonyl (C=O) groups excluding carboxylic acids is 1. The molecule has 0 radical (unpaired) electrons. The molecule has 1 amide bonds. The van der Waals surface area contributed by atoms with E-state index >= 15 is 0 Å². The molecule has 6 N–H and O–H groups in total. The highest BCUT2D eigenvalue weighted by Gasteiger charge is 2.25. The number of anilines is 2. The van der Waals surface area contributed by atoms with E-state index in [-0.39, 0.29) is 30.1 Å². The Morgan fingerprint density at radius 1 is 1.10 bits per heavy atom. The number of piperidine rings is 1. The molecule has 214 valence electrons. The number of carboxylic acid groups (broad SMARTS) is 1. The number of benzene rings is 2. The first-order chi connectivity index (χ1) is 18.3. The lowest BCUT2D eigenvalue weighted by Crippen LogP contribution is -2.50. The summed E-state index contributed by atoms with van der Waals surface area (Å²) >= 11 is 0. The highest BCUT2D eigenvalue weighted by molar-refractivity contribution is 7.92. The van der Waals surface area contributed by atoms with Gasteiger partial charge in [-0.05, 0) is 73.6 Å². The summed E-state index contributed by atoms with van der Waals surface area (Å²) in [6, 6.07) is 10.3. The van der Waals surface area contributed by atoms with E-state index in [0.29, 0.717) is 17.5 Å². The van der Waals surface area contributed by atoms with Gasteiger partial charge in [0.25, 0.3) is 5.91 Å². The van der Waals surface area contributed by atoms with Crippen LogP contribution in [0.15, 0.2) is 42.5 Å². The number of phenols is 1. The molecule has 12 heteroatoms. The zero-order valence-electron chi connectivity index (χ0n) is 22.4. The van der Waals surface area contributed by atoms with Crippen molar-refractivity contribution in [3.05, 3.63) is 53.6 Å². The predicted octanol–water partition coefficient (Wildman–Crippen LogP) is 2.63. The van der Waals surface area contributed by atoms with E-state index in [1.54, 1.807) is 12.1 Å². The van der Waals surface area contributed by atoms with Crippen molar-refractivity contribution in [2.75, 3.05) is 29.0 Å². The molecule has 39 heavy (non-hydrogen) atoms. The van der Waals surface area contributed by atoms with Gasteiger partial charge in [0, 0.05) is 24.3 Å². The Balaban J connectivity index is 1.65. The molecule has 1 aliphatic heterocycles. The van der Waals surface area contributed by atoms with Gasteiger partial charge in [0.05, 0.1) is 24.2 Å². The van der Waals surface area contributed by atoms with Crippen LogP contribution in [0, 0.1) is 5.92 Å². The van der Waals surface area contributed by atoms with Crippen LogP contribution in [0.5, 0.6) is 5.75 Å². The minimum atomic E-state index is -3.60. The summed E-state index contributed by atoms with van der Waals surface area (Å²) in [5, 5.41) is 36.1. The Kier molecular flexibility index (Phi) is 10.2. The quantitative estimate of drug-likeness (QED) is 0.213. The van der Waals surface area contributed by atoms with Crippen molar-refractivity contribution in [1.29, 1.82) is 0 Å². The summed E-state index contributed by atoms with van der Waals surface area (Å²) in [5.74, 6) is -1.62. The van der Waals surface area contributed by atoms with Crippen LogP contribution in [-0.4, -0.2) is 67.2 Å². The number of amides is 1. The van der Waals surface area contributed by atoms with Gasteiger partial charge in [-0.2, -0.15) is 0 Å². The molecule has 2 aromatic rings. The number of carboxylic acids is 1. The molecule has 1 aliphatic rings. The second kappa shape index (κ2) is 13.1. The average molecular weight is 563 g/mol. The normalized spacial score (nSPS) is 17.5. The number of rotatable bonds is 12. The number of aromatic hydroxyl groups is 1. The summed E-state index contributed by atoms with van der Waals surface area (Å²) < 4.78 is 25.4. The number of hydrogen-bond donors (Lipinski definition) is 6. The van der Waals surface area contributed by atoms with Gasteiger partial charge in [0.1, 0.15) is 11.8 Å². The Labute approximate surface area is 229 Å². The van der Waals surface area contributed by atoms with Crippen LogP contribution in [0.1, 0.15) is 61.6 Å². The van der Waals surface area contributed by atoms with Gasteiger partial charge in [-0.1, -0.05) is 19.9 Å². The lowest BCUT2D eigenvalue weighted by atomic mass is 10.0. The molecule has 0 aromatic heterocycles. The van der Waals surface area contributed by atoms with Crippen LogP contribution in [-0.2, 0) is 14.8 Å². The van der Waals surface area contributed by atoms with Crippen molar-refractivity contribution >= 4 is 33.3 Å². The number of phenolic OH excluding ortho intramolecular Hbond substituents is 1. The van der Waals surface area contributed by atoms with E-state index < -0.39 is 34.0 Å². The molecular formula is C27H38N4O7S. The molecule has 11 nitrogen and oxygen atoms in total. The number of sulfonamides is 1. The van der Waals surface area contributed by atoms with Gasteiger partial charge in [-0.15, -0.1) is 0 Å². The molecule has 1 saturated heterocycles. The fourth-order valence-electron chi connectivity index (χ4n) is 4.60. The standard InChI is InChI=1S/C27H38N4O7S/c1-17(2)14-22(27(35)36)29-26(34)18-7-10-20(11-8-18)31-13-5-4-6-25(31)28-16-24(33)19-9-12-23(32)21(15-19)30-39(3,37)38/h7-12,15,17,22,24-25,28,30,32-33H,4-6,13-14,16H2,1-3H3,(H,29,34)(H,35,36)/t22-,24?,25?/m1/s1. The number of hydrogen-bond acceptors (Lipinski definition) is 8. The SMILES string of the molecule is CC(C)C[C@@H](NC(=O)c1ccc(N2CCCCC2NCC(O)c2ccc(O)c(NS(C)(=O)=O)c2)cc1)C(=O)O. The Hall–Kier alpha value is -3.35. The third-order valence-corrected chi connectivity index (χ3v) is 7.11. The molecule has 0 aliphatic carbocycles. The van der Waals surface area contributed by atoms with Gasteiger partial charge in [-0.3, -0.25) is 14.8 Å². The molecule has 1 fully saturated rings. The van der Waals surface area contributed by atoms with Crippen LogP contribution < -0.4 is 20.3 Å². The summed E-state index contributed by atoms with van der Waals surface area (Å²) in [5.41, 5.74) is 1.70. The number of aliphatic carboxylic acids is 1. The third kappa shape index (κ3) is 8.84. The highest BCUT2D eigenvalue weighted by atomic mass is 32.2. The molecule has 0 spiro atoms. The summed E-state index contributed by atoms with van der Waals surface area (Å²) in [7, 11) is -3.60. The highest BCUT2D eigenvalue weighted by Crippen LogP contribution is 2.29. The van der Waals surface area contributed by atoms with Gasteiger partial charge in [-0.25, -0.2) is 13.2 Å². The van der Waals surface area contributed by atoms with Gasteiger partial charge >= 0.3 is 5.97 Å². The van der Waals surface area contributed by atoms with Crippen molar-refractivity contribution in [3.8, 4) is 5.75 Å². The topological polar surface area (TPSA) is 168 Å². The van der Waals surface area contributed by atoms with Crippen molar-refractivity contribution in [2.45, 2.75) is 57.8 Å². The summed E-state index contributed by atoms with van der Waals surface area (Å²) in [6.45, 7) is 4.77. The summed E-state index contributed by atoms with van der Waals surface area (Å²) in [4.78, 5) is 26.3. The molecular weight excluding hydrogens is 524 g/mol. The van der Waals surface area contributed by atoms with Crippen LogP contribution >= 0.6 is 0 Å². The molecule has 2 unspecified atom stereocenters. The maximum atomic E-state index is 12.6. The molecule has 3 atom stereocenters. The van der Waals surface area contributed by atoms with Crippen molar-refractivity contribution in [1.82, 2.24) is 10.6 Å². The van der Waals surface area contributed by atoms with E-state index in [2.05, 4.69) is 20.3 Å². The Morgan fingerprint density at radius 2 is 1.79 bits per heavy atom. The largest absolute Gasteiger partial charge is 0.506 e. The fraction of sp³-hybridized carbons (Fsp3) is 0.481. The van der Waals surface area contributed by atoms with Gasteiger partial charge < -0.3 is 25.5 Å². The zero-order chi connectivity index (χ0) is 28.7. The lowest BCUT2D eigenvalue weighted by Gasteiger charge is -2.38. The van der Waals surface area contributed by atoms with Crippen LogP contribution in [0.25, 0.3) is 0 Å². The maximum absolute atomic E-state index is 12.6. The number of aliphatic hydroxyl groups excluding tert-OH is 1. The second-order valence-corrected chi connectivity index (χ2v) is 12.1. The Bertz CT molecular complexity index is 1250. The van der Waals surface area contributed by atoms with Gasteiger partial charge in [0.2, 0.25) is 10.0 Å². The van der Waals surface area contributed by atoms with Crippen molar-refractivity contribution in [2.24, 2.45) is 5.92 Å². The van der Waals surface area contributed by atoms with E-state index in [9.17, 15) is 33.3 Å². The molecule has 3 rings (SSSR count). The second-order valence-electron chi connectivity index (χ2n) is 10.3. The number of nitrogens with one attached hydrogen (secondary N) is 3. The first kappa shape index (κ1) is 30.2. The first-order valence-electron chi connectivity index (χ1n) is 13.0. The van der Waals surface area contributed by atoms with Crippen molar-refractivity contribution in [3.63, 3.8) is 0 Å². The van der Waals surface area contributed by atoms with Crippen LogP contribution in [0.3, 0.4) is 0 Å². The first-order valence-corrected chi connectivity index (χ1v) is 14.9.